The lowest BCUT2D eigenvalue weighted by molar-refractivity contribution is -0.123. The first-order valence-electron chi connectivity index (χ1n) is 10.0. The van der Waals surface area contributed by atoms with Gasteiger partial charge in [0.1, 0.15) is 0 Å². The molecule has 2 unspecified atom stereocenters. The molecule has 2 atom stereocenters. The van der Waals surface area contributed by atoms with Crippen molar-refractivity contribution in [1.82, 2.24) is 20.4 Å². The minimum absolute atomic E-state index is 0.0665. The Morgan fingerprint density at radius 2 is 1.44 bits per heavy atom. The van der Waals surface area contributed by atoms with Gasteiger partial charge in [0.25, 0.3) is 0 Å². The summed E-state index contributed by atoms with van der Waals surface area (Å²) in [6.07, 6.45) is 4.83. The lowest BCUT2D eigenvalue weighted by Gasteiger charge is -2.15. The third-order valence-electron chi connectivity index (χ3n) is 4.53. The number of alkyl halides is 1. The smallest absolute Gasteiger partial charge is 0.219 e. The highest BCUT2D eigenvalue weighted by Crippen LogP contribution is 2.23. The summed E-state index contributed by atoms with van der Waals surface area (Å²) in [6, 6.07) is 0. The van der Waals surface area contributed by atoms with E-state index in [1.807, 2.05) is 14.1 Å². The zero-order valence-corrected chi connectivity index (χ0v) is 17.9. The van der Waals surface area contributed by atoms with Gasteiger partial charge in [0.15, 0.2) is 0 Å². The Labute approximate surface area is 169 Å². The van der Waals surface area contributed by atoms with E-state index in [9.17, 15) is 9.59 Å². The summed E-state index contributed by atoms with van der Waals surface area (Å²) in [7, 11) is 6.09. The minimum Gasteiger partial charge on any atom is -0.367 e. The van der Waals surface area contributed by atoms with Gasteiger partial charge >= 0.3 is 0 Å². The van der Waals surface area contributed by atoms with Gasteiger partial charge in [0.2, 0.25) is 11.8 Å². The van der Waals surface area contributed by atoms with Crippen LogP contribution in [0.2, 0.25) is 0 Å². The van der Waals surface area contributed by atoms with Crippen LogP contribution in [-0.2, 0) is 14.3 Å². The largest absolute Gasteiger partial charge is 0.367 e. The molecule has 158 valence electrons. The van der Waals surface area contributed by atoms with E-state index in [1.54, 1.807) is 0 Å². The Bertz CT molecular complexity index is 437. The van der Waals surface area contributed by atoms with Crippen LogP contribution in [0.15, 0.2) is 0 Å². The summed E-state index contributed by atoms with van der Waals surface area (Å²) in [5, 5.41) is 5.86. The summed E-state index contributed by atoms with van der Waals surface area (Å²) in [6.45, 7) is 4.18. The van der Waals surface area contributed by atoms with Gasteiger partial charge in [-0.3, -0.25) is 9.59 Å². The van der Waals surface area contributed by atoms with Crippen LogP contribution in [0.4, 0.5) is 0 Å². The SMILES string of the molecule is CN(C)CCCNC(=O)CCCCC(=O)NCCCN(C)CC1OC1CCl. The molecule has 0 saturated carbocycles. The second-order valence-electron chi connectivity index (χ2n) is 7.55. The van der Waals surface area contributed by atoms with E-state index in [2.05, 4.69) is 27.5 Å². The van der Waals surface area contributed by atoms with Crippen molar-refractivity contribution in [3.05, 3.63) is 0 Å². The third-order valence-corrected chi connectivity index (χ3v) is 4.84. The molecule has 0 aromatic heterocycles. The van der Waals surface area contributed by atoms with Crippen LogP contribution in [0, 0.1) is 0 Å². The Kier molecular flexibility index (Phi) is 12.7. The van der Waals surface area contributed by atoms with Gasteiger partial charge in [-0.05, 0) is 59.9 Å². The van der Waals surface area contributed by atoms with Crippen molar-refractivity contribution in [1.29, 1.82) is 0 Å². The summed E-state index contributed by atoms with van der Waals surface area (Å²) >= 11 is 5.73. The molecule has 1 aliphatic heterocycles. The first-order chi connectivity index (χ1) is 12.9. The van der Waals surface area contributed by atoms with E-state index in [4.69, 9.17) is 16.3 Å². The van der Waals surface area contributed by atoms with Gasteiger partial charge in [-0.25, -0.2) is 0 Å². The number of hydrogen-bond donors (Lipinski definition) is 2. The standard InChI is InChI=1S/C19H37ClN4O3/c1-23(2)12-6-10-21-18(25)8-4-5-9-19(26)22-11-7-13-24(3)15-17-16(14-20)27-17/h16-17H,4-15H2,1-3H3,(H,21,25)(H,22,26). The van der Waals surface area contributed by atoms with Gasteiger partial charge in [-0.1, -0.05) is 0 Å². The van der Waals surface area contributed by atoms with Crippen molar-refractivity contribution in [2.24, 2.45) is 0 Å². The van der Waals surface area contributed by atoms with E-state index in [1.165, 1.54) is 0 Å². The first kappa shape index (κ1) is 24.1. The lowest BCUT2D eigenvalue weighted by Crippen LogP contribution is -2.30. The summed E-state index contributed by atoms with van der Waals surface area (Å²) in [5.41, 5.74) is 0. The molecule has 1 saturated heterocycles. The van der Waals surface area contributed by atoms with Gasteiger partial charge in [-0.15, -0.1) is 11.6 Å². The number of nitrogens with zero attached hydrogens (tertiary/aromatic N) is 2. The van der Waals surface area contributed by atoms with Gasteiger partial charge in [-0.2, -0.15) is 0 Å². The number of likely N-dealkylation sites (N-methyl/N-ethyl adjacent to an activating group) is 1. The Balaban J connectivity index is 1.88. The number of epoxide rings is 1. The number of amides is 2. The molecule has 7 nitrogen and oxygen atoms in total. The number of ether oxygens (including phenoxy) is 1. The third kappa shape index (κ3) is 13.0. The quantitative estimate of drug-likeness (QED) is 0.228. The lowest BCUT2D eigenvalue weighted by atomic mass is 10.2. The van der Waals surface area contributed by atoms with Gasteiger partial charge < -0.3 is 25.2 Å². The predicted octanol–water partition coefficient (Wildman–Crippen LogP) is 1.06. The average Bonchev–Trinajstić information content (AvgIpc) is 3.37. The van der Waals surface area contributed by atoms with E-state index in [-0.39, 0.29) is 24.0 Å². The van der Waals surface area contributed by atoms with Crippen LogP contribution in [0.5, 0.6) is 0 Å². The van der Waals surface area contributed by atoms with E-state index >= 15 is 0 Å². The monoisotopic (exact) mass is 404 g/mol. The molecule has 2 N–H and O–H groups in total. The number of carbonyl (C=O) groups excluding carboxylic acids is 2. The summed E-state index contributed by atoms with van der Waals surface area (Å²) in [5.74, 6) is 0.706. The predicted molar refractivity (Wildman–Crippen MR) is 109 cm³/mol. The number of halogens is 1. The van der Waals surface area contributed by atoms with Crippen molar-refractivity contribution >= 4 is 23.4 Å². The van der Waals surface area contributed by atoms with Crippen molar-refractivity contribution in [3.63, 3.8) is 0 Å². The fraction of sp³-hybridized carbons (Fsp3) is 0.895. The van der Waals surface area contributed by atoms with Crippen LogP contribution in [0.1, 0.15) is 38.5 Å². The van der Waals surface area contributed by atoms with Crippen LogP contribution >= 0.6 is 11.6 Å². The number of nitrogens with one attached hydrogen (secondary N) is 2. The fourth-order valence-corrected chi connectivity index (χ4v) is 3.09. The maximum Gasteiger partial charge on any atom is 0.219 e. The number of rotatable bonds is 16. The highest BCUT2D eigenvalue weighted by molar-refractivity contribution is 6.18. The molecular weight excluding hydrogens is 368 g/mol. The molecule has 0 spiro atoms. The molecule has 8 heteroatoms. The molecule has 1 rings (SSSR count). The number of unbranched alkanes of at least 4 members (excludes halogenated alkanes) is 1. The van der Waals surface area contributed by atoms with Crippen LogP contribution in [0.3, 0.4) is 0 Å². The van der Waals surface area contributed by atoms with Gasteiger partial charge in [0.05, 0.1) is 18.1 Å². The Hall–Kier alpha value is -0.890. The molecule has 0 aromatic carbocycles. The van der Waals surface area contributed by atoms with Crippen molar-refractivity contribution in [2.75, 3.05) is 59.7 Å². The average molecular weight is 405 g/mol. The van der Waals surface area contributed by atoms with Crippen molar-refractivity contribution in [3.8, 4) is 0 Å². The second kappa shape index (κ2) is 14.2. The fourth-order valence-electron chi connectivity index (χ4n) is 2.82. The van der Waals surface area contributed by atoms with Crippen molar-refractivity contribution in [2.45, 2.75) is 50.7 Å². The molecule has 27 heavy (non-hydrogen) atoms. The highest BCUT2D eigenvalue weighted by Gasteiger charge is 2.38. The maximum atomic E-state index is 11.8. The molecule has 1 heterocycles. The zero-order valence-electron chi connectivity index (χ0n) is 17.1. The van der Waals surface area contributed by atoms with Crippen LogP contribution in [0.25, 0.3) is 0 Å². The number of carbonyl (C=O) groups is 2. The minimum atomic E-state index is 0.0665. The second-order valence-corrected chi connectivity index (χ2v) is 7.86. The molecule has 0 aliphatic carbocycles. The molecule has 0 bridgehead atoms. The Morgan fingerprint density at radius 3 is 1.93 bits per heavy atom. The molecule has 1 aliphatic rings. The van der Waals surface area contributed by atoms with E-state index < -0.39 is 0 Å². The summed E-state index contributed by atoms with van der Waals surface area (Å²) in [4.78, 5) is 27.8. The molecule has 1 fully saturated rings. The number of hydrogen-bond acceptors (Lipinski definition) is 5. The normalized spacial score (nSPS) is 18.7. The topological polar surface area (TPSA) is 77.2 Å². The molecular formula is C19H37ClN4O3. The summed E-state index contributed by atoms with van der Waals surface area (Å²) < 4.78 is 5.42. The van der Waals surface area contributed by atoms with Crippen LogP contribution in [-0.4, -0.2) is 93.6 Å². The zero-order chi connectivity index (χ0) is 20.1. The van der Waals surface area contributed by atoms with E-state index in [0.29, 0.717) is 31.8 Å². The Morgan fingerprint density at radius 1 is 0.889 bits per heavy atom. The highest BCUT2D eigenvalue weighted by atomic mass is 35.5. The molecule has 2 amide bonds. The molecule has 0 aromatic rings. The molecule has 0 radical (unpaired) electrons. The van der Waals surface area contributed by atoms with Crippen molar-refractivity contribution < 1.29 is 14.3 Å². The van der Waals surface area contributed by atoms with E-state index in [0.717, 1.165) is 45.3 Å². The first-order valence-corrected chi connectivity index (χ1v) is 10.5. The van der Waals surface area contributed by atoms with Crippen LogP contribution < -0.4 is 10.6 Å². The van der Waals surface area contributed by atoms with Gasteiger partial charge in [0, 0.05) is 32.5 Å². The maximum absolute atomic E-state index is 11.8.